The summed E-state index contributed by atoms with van der Waals surface area (Å²) in [4.78, 5) is 20.2. The van der Waals surface area contributed by atoms with Crippen molar-refractivity contribution in [3.8, 4) is 5.75 Å². The molecule has 1 atom stereocenters. The quantitative estimate of drug-likeness (QED) is 0.252. The molecular weight excluding hydrogens is 382 g/mol. The molecule has 1 unspecified atom stereocenters. The van der Waals surface area contributed by atoms with Gasteiger partial charge in [0, 0.05) is 30.1 Å². The van der Waals surface area contributed by atoms with Crippen LogP contribution in [0.3, 0.4) is 0 Å². The van der Waals surface area contributed by atoms with Gasteiger partial charge in [0.15, 0.2) is 5.96 Å². The van der Waals surface area contributed by atoms with E-state index in [9.17, 15) is 15.2 Å². The highest BCUT2D eigenvalue weighted by molar-refractivity contribution is 7.11. The summed E-state index contributed by atoms with van der Waals surface area (Å²) in [5, 5.41) is 28.0. The van der Waals surface area contributed by atoms with Crippen LogP contribution in [0.5, 0.6) is 5.75 Å². The fraction of sp³-hybridized carbons (Fsp3) is 0.444. The molecule has 0 aliphatic heterocycles. The molecule has 2 aromatic rings. The third-order valence-corrected chi connectivity index (χ3v) is 4.78. The van der Waals surface area contributed by atoms with Crippen molar-refractivity contribution < 1.29 is 14.8 Å². The third kappa shape index (κ3) is 6.78. The number of aliphatic imine (C=N–C) groups is 1. The Kier molecular flexibility index (Phi) is 8.15. The van der Waals surface area contributed by atoms with Gasteiger partial charge >= 0.3 is 0 Å². The van der Waals surface area contributed by atoms with E-state index in [0.29, 0.717) is 24.8 Å². The number of aliphatic hydroxyl groups excluding tert-OH is 1. The van der Waals surface area contributed by atoms with Crippen LogP contribution in [0.25, 0.3) is 0 Å². The lowest BCUT2D eigenvalue weighted by molar-refractivity contribution is -0.384. The zero-order chi connectivity index (χ0) is 20.5. The number of benzene rings is 1. The zero-order valence-corrected chi connectivity index (χ0v) is 17.0. The second kappa shape index (κ2) is 10.6. The van der Waals surface area contributed by atoms with Gasteiger partial charge in [-0.2, -0.15) is 0 Å². The van der Waals surface area contributed by atoms with Gasteiger partial charge in [-0.05, 0) is 32.9 Å². The van der Waals surface area contributed by atoms with Crippen molar-refractivity contribution in [3.63, 3.8) is 0 Å². The van der Waals surface area contributed by atoms with Gasteiger partial charge in [0.05, 0.1) is 22.2 Å². The van der Waals surface area contributed by atoms with E-state index in [-0.39, 0.29) is 18.8 Å². The average Bonchev–Trinajstić information content (AvgIpc) is 2.99. The van der Waals surface area contributed by atoms with Gasteiger partial charge in [-0.1, -0.05) is 0 Å². The summed E-state index contributed by atoms with van der Waals surface area (Å²) in [6, 6.07) is 5.73. The number of aromatic nitrogens is 1. The van der Waals surface area contributed by atoms with Gasteiger partial charge < -0.3 is 20.5 Å². The van der Waals surface area contributed by atoms with E-state index >= 15 is 0 Å². The van der Waals surface area contributed by atoms with Crippen molar-refractivity contribution >= 4 is 23.0 Å². The lowest BCUT2D eigenvalue weighted by atomic mass is 10.3. The number of nitrogens with zero attached hydrogens (tertiary/aromatic N) is 3. The molecule has 1 aromatic carbocycles. The molecule has 152 valence electrons. The Balaban J connectivity index is 1.82. The van der Waals surface area contributed by atoms with Crippen LogP contribution >= 0.6 is 11.3 Å². The highest BCUT2D eigenvalue weighted by Crippen LogP contribution is 2.18. The van der Waals surface area contributed by atoms with Crippen molar-refractivity contribution in [1.82, 2.24) is 15.6 Å². The first-order chi connectivity index (χ1) is 13.4. The molecule has 0 saturated carbocycles. The van der Waals surface area contributed by atoms with Gasteiger partial charge in [-0.15, -0.1) is 11.3 Å². The van der Waals surface area contributed by atoms with E-state index in [4.69, 9.17) is 4.74 Å². The number of thiazole rings is 1. The van der Waals surface area contributed by atoms with Crippen LogP contribution in [0.4, 0.5) is 5.69 Å². The molecular formula is C18H25N5O4S. The average molecular weight is 407 g/mol. The van der Waals surface area contributed by atoms with Crippen molar-refractivity contribution in [2.75, 3.05) is 19.7 Å². The molecule has 3 N–H and O–H groups in total. The second-order valence-electron chi connectivity index (χ2n) is 6.03. The van der Waals surface area contributed by atoms with Crippen molar-refractivity contribution in [2.45, 2.75) is 33.4 Å². The lowest BCUT2D eigenvalue weighted by Gasteiger charge is -2.16. The fourth-order valence-electron chi connectivity index (χ4n) is 2.34. The largest absolute Gasteiger partial charge is 0.491 e. The van der Waals surface area contributed by atoms with Crippen LogP contribution in [0.15, 0.2) is 29.3 Å². The number of hydrogen-bond acceptors (Lipinski definition) is 7. The summed E-state index contributed by atoms with van der Waals surface area (Å²) < 4.78 is 5.46. The topological polar surface area (TPSA) is 122 Å². The fourth-order valence-corrected chi connectivity index (χ4v) is 3.20. The van der Waals surface area contributed by atoms with Crippen LogP contribution in [-0.4, -0.2) is 46.8 Å². The van der Waals surface area contributed by atoms with Gasteiger partial charge in [-0.25, -0.2) is 9.98 Å². The standard InChI is InChI=1S/C18H25N5O4S/c1-4-19-18(21-10-17-12(2)22-13(3)28-17)20-9-15(24)11-27-16-7-5-14(6-8-16)23(25)26/h5-8,15,24H,4,9-11H2,1-3H3,(H2,19,20,21). The number of aliphatic hydroxyl groups is 1. The molecule has 1 aromatic heterocycles. The van der Waals surface area contributed by atoms with Crippen LogP contribution in [0.1, 0.15) is 22.5 Å². The Labute approximate surface area is 167 Å². The number of hydrogen-bond donors (Lipinski definition) is 3. The monoisotopic (exact) mass is 407 g/mol. The summed E-state index contributed by atoms with van der Waals surface area (Å²) >= 11 is 1.62. The highest BCUT2D eigenvalue weighted by Gasteiger charge is 2.09. The smallest absolute Gasteiger partial charge is 0.269 e. The maximum atomic E-state index is 10.6. The van der Waals surface area contributed by atoms with E-state index in [2.05, 4.69) is 20.6 Å². The molecule has 9 nitrogen and oxygen atoms in total. The Hall–Kier alpha value is -2.72. The van der Waals surface area contributed by atoms with Crippen LogP contribution in [0, 0.1) is 24.0 Å². The van der Waals surface area contributed by atoms with E-state index in [0.717, 1.165) is 15.6 Å². The number of aryl methyl sites for hydroxylation is 2. The number of non-ortho nitro benzene ring substituents is 1. The van der Waals surface area contributed by atoms with Gasteiger partial charge in [0.2, 0.25) is 0 Å². The van der Waals surface area contributed by atoms with Crippen LogP contribution in [0.2, 0.25) is 0 Å². The van der Waals surface area contributed by atoms with E-state index < -0.39 is 11.0 Å². The molecule has 0 bridgehead atoms. The SMILES string of the molecule is CCNC(=NCc1sc(C)nc1C)NCC(O)COc1ccc([N+](=O)[O-])cc1. The van der Waals surface area contributed by atoms with E-state index in [1.807, 2.05) is 20.8 Å². The van der Waals surface area contributed by atoms with E-state index in [1.165, 1.54) is 24.3 Å². The van der Waals surface area contributed by atoms with Crippen LogP contribution < -0.4 is 15.4 Å². The molecule has 0 radical (unpaired) electrons. The number of nitro groups is 1. The molecule has 0 amide bonds. The number of ether oxygens (including phenoxy) is 1. The third-order valence-electron chi connectivity index (χ3n) is 3.72. The summed E-state index contributed by atoms with van der Waals surface area (Å²) in [5.41, 5.74) is 0.978. The van der Waals surface area contributed by atoms with Gasteiger partial charge in [-0.3, -0.25) is 10.1 Å². The molecule has 0 aliphatic carbocycles. The van der Waals surface area contributed by atoms with E-state index in [1.54, 1.807) is 11.3 Å². The molecule has 0 spiro atoms. The predicted octanol–water partition coefficient (Wildman–Crippen LogP) is 2.16. The first-order valence-corrected chi connectivity index (χ1v) is 9.71. The molecule has 10 heteroatoms. The summed E-state index contributed by atoms with van der Waals surface area (Å²) in [5.74, 6) is 1.06. The normalized spacial score (nSPS) is 12.5. The Morgan fingerprint density at radius 3 is 2.64 bits per heavy atom. The minimum atomic E-state index is -0.772. The van der Waals surface area contributed by atoms with Crippen LogP contribution in [-0.2, 0) is 6.54 Å². The minimum absolute atomic E-state index is 0.00701. The summed E-state index contributed by atoms with van der Waals surface area (Å²) in [6.45, 7) is 7.41. The Morgan fingerprint density at radius 1 is 1.36 bits per heavy atom. The molecule has 0 aliphatic rings. The van der Waals surface area contributed by atoms with Crippen molar-refractivity contribution in [3.05, 3.63) is 50.0 Å². The lowest BCUT2D eigenvalue weighted by Crippen LogP contribution is -2.42. The molecule has 1 heterocycles. The number of rotatable bonds is 9. The number of nitro benzene ring substituents is 1. The summed E-state index contributed by atoms with van der Waals surface area (Å²) in [6.07, 6.45) is -0.772. The Bertz CT molecular complexity index is 807. The summed E-state index contributed by atoms with van der Waals surface area (Å²) in [7, 11) is 0. The van der Waals surface area contributed by atoms with Crippen molar-refractivity contribution in [2.24, 2.45) is 4.99 Å². The van der Waals surface area contributed by atoms with Gasteiger partial charge in [0.1, 0.15) is 18.5 Å². The molecule has 0 saturated heterocycles. The van der Waals surface area contributed by atoms with Gasteiger partial charge in [0.25, 0.3) is 5.69 Å². The Morgan fingerprint density at radius 2 is 2.07 bits per heavy atom. The first kappa shape index (κ1) is 21.6. The molecule has 28 heavy (non-hydrogen) atoms. The highest BCUT2D eigenvalue weighted by atomic mass is 32.1. The maximum absolute atomic E-state index is 10.6. The number of guanidine groups is 1. The molecule has 0 fully saturated rings. The predicted molar refractivity (Wildman–Crippen MR) is 109 cm³/mol. The second-order valence-corrected chi connectivity index (χ2v) is 7.32. The first-order valence-electron chi connectivity index (χ1n) is 8.89. The molecule has 2 rings (SSSR count). The maximum Gasteiger partial charge on any atom is 0.269 e. The zero-order valence-electron chi connectivity index (χ0n) is 16.1. The van der Waals surface area contributed by atoms with Crippen molar-refractivity contribution in [1.29, 1.82) is 0 Å². The number of nitrogens with one attached hydrogen (secondary N) is 2. The minimum Gasteiger partial charge on any atom is -0.491 e.